The Morgan fingerprint density at radius 2 is 1.75 bits per heavy atom. The normalized spacial score (nSPS) is 10.6. The van der Waals surface area contributed by atoms with Gasteiger partial charge < -0.3 is 9.64 Å². The Balaban J connectivity index is 2.64. The van der Waals surface area contributed by atoms with E-state index in [9.17, 15) is 14.4 Å². The van der Waals surface area contributed by atoms with E-state index < -0.39 is 0 Å². The molecule has 0 atom stereocenters. The quantitative estimate of drug-likeness (QED) is 0.365. The van der Waals surface area contributed by atoms with Gasteiger partial charge in [-0.2, -0.15) is 0 Å². The molecule has 0 unspecified atom stereocenters. The van der Waals surface area contributed by atoms with Gasteiger partial charge in [0.25, 0.3) is 0 Å². The van der Waals surface area contributed by atoms with Crippen LogP contribution in [0.15, 0.2) is 40.9 Å². The van der Waals surface area contributed by atoms with E-state index in [2.05, 4.69) is 15.9 Å². The van der Waals surface area contributed by atoms with E-state index in [0.717, 1.165) is 10.9 Å². The first-order valence-corrected chi connectivity index (χ1v) is 8.69. The highest BCUT2D eigenvalue weighted by molar-refractivity contribution is 9.10. The van der Waals surface area contributed by atoms with Crippen LogP contribution in [0.1, 0.15) is 37.0 Å². The van der Waals surface area contributed by atoms with Crippen LogP contribution in [0.25, 0.3) is 0 Å². The van der Waals surface area contributed by atoms with Crippen molar-refractivity contribution in [1.82, 2.24) is 4.90 Å². The third-order valence-corrected chi connectivity index (χ3v) is 3.73. The van der Waals surface area contributed by atoms with Crippen LogP contribution in [0, 0.1) is 0 Å². The SMILES string of the molecule is CCCN(CCC(=O)OCC)C(=O)/C=C/C(=O)c1ccc(Br)cc1. The van der Waals surface area contributed by atoms with E-state index in [1.54, 1.807) is 36.1 Å². The van der Waals surface area contributed by atoms with Crippen LogP contribution in [-0.2, 0) is 14.3 Å². The maximum absolute atomic E-state index is 12.2. The lowest BCUT2D eigenvalue weighted by Crippen LogP contribution is -2.32. The zero-order chi connectivity index (χ0) is 17.9. The fourth-order valence-corrected chi connectivity index (χ4v) is 2.29. The van der Waals surface area contributed by atoms with Crippen molar-refractivity contribution in [2.75, 3.05) is 19.7 Å². The minimum Gasteiger partial charge on any atom is -0.466 e. The number of carbonyl (C=O) groups is 3. The van der Waals surface area contributed by atoms with Crippen molar-refractivity contribution in [2.45, 2.75) is 26.7 Å². The van der Waals surface area contributed by atoms with E-state index >= 15 is 0 Å². The molecule has 0 aliphatic heterocycles. The summed E-state index contributed by atoms with van der Waals surface area (Å²) in [6, 6.07) is 6.91. The lowest BCUT2D eigenvalue weighted by molar-refractivity contribution is -0.143. The fraction of sp³-hybridized carbons (Fsp3) is 0.389. The number of carbonyl (C=O) groups excluding carboxylic acids is 3. The highest BCUT2D eigenvalue weighted by Crippen LogP contribution is 2.11. The molecule has 0 saturated heterocycles. The minimum absolute atomic E-state index is 0.147. The molecule has 1 rings (SSSR count). The molecule has 0 heterocycles. The molecule has 1 aromatic rings. The molecule has 1 amide bonds. The topological polar surface area (TPSA) is 63.7 Å². The molecule has 0 saturated carbocycles. The maximum atomic E-state index is 12.2. The molecule has 1 aromatic carbocycles. The first kappa shape index (κ1) is 20.1. The molecule has 5 nitrogen and oxygen atoms in total. The van der Waals surface area contributed by atoms with Gasteiger partial charge in [0.1, 0.15) is 0 Å². The second-order valence-corrected chi connectivity index (χ2v) is 6.00. The third kappa shape index (κ3) is 7.08. The summed E-state index contributed by atoms with van der Waals surface area (Å²) in [5.74, 6) is -0.856. The summed E-state index contributed by atoms with van der Waals surface area (Å²) >= 11 is 3.31. The Morgan fingerprint density at radius 1 is 1.08 bits per heavy atom. The van der Waals surface area contributed by atoms with Crippen LogP contribution in [0.4, 0.5) is 0 Å². The Hall–Kier alpha value is -1.95. The number of nitrogens with zero attached hydrogens (tertiary/aromatic N) is 1. The van der Waals surface area contributed by atoms with Crippen LogP contribution in [0.3, 0.4) is 0 Å². The number of hydrogen-bond donors (Lipinski definition) is 0. The third-order valence-electron chi connectivity index (χ3n) is 3.20. The molecule has 0 fully saturated rings. The van der Waals surface area contributed by atoms with Crippen LogP contribution >= 0.6 is 15.9 Å². The number of hydrogen-bond acceptors (Lipinski definition) is 4. The van der Waals surface area contributed by atoms with Crippen LogP contribution in [0.2, 0.25) is 0 Å². The number of allylic oxidation sites excluding steroid dienone is 1. The number of amides is 1. The average molecular weight is 396 g/mol. The molecule has 130 valence electrons. The number of ketones is 1. The van der Waals surface area contributed by atoms with Crippen LogP contribution in [-0.4, -0.2) is 42.3 Å². The summed E-state index contributed by atoms with van der Waals surface area (Å²) in [7, 11) is 0. The minimum atomic E-state index is -0.332. The zero-order valence-corrected chi connectivity index (χ0v) is 15.5. The maximum Gasteiger partial charge on any atom is 0.307 e. The standard InChI is InChI=1S/C18H22BrNO4/c1-3-12-20(13-11-18(23)24-4-2)17(22)10-9-16(21)14-5-7-15(19)8-6-14/h5-10H,3-4,11-13H2,1-2H3/b10-9+. The molecule has 0 aliphatic carbocycles. The van der Waals surface area contributed by atoms with Crippen molar-refractivity contribution < 1.29 is 19.1 Å². The summed E-state index contributed by atoms with van der Waals surface area (Å²) in [4.78, 5) is 37.2. The Labute approximate surface area is 150 Å². The van der Waals surface area contributed by atoms with Crippen molar-refractivity contribution in [3.05, 3.63) is 46.5 Å². The second-order valence-electron chi connectivity index (χ2n) is 5.08. The molecule has 0 N–H and O–H groups in total. The van der Waals surface area contributed by atoms with Crippen molar-refractivity contribution in [3.8, 4) is 0 Å². The summed E-state index contributed by atoms with van der Waals surface area (Å²) in [6.45, 7) is 4.81. The van der Waals surface area contributed by atoms with Gasteiger partial charge in [-0.15, -0.1) is 0 Å². The number of halogens is 1. The van der Waals surface area contributed by atoms with Gasteiger partial charge >= 0.3 is 5.97 Å². The summed E-state index contributed by atoms with van der Waals surface area (Å²) in [6.07, 6.45) is 3.43. The van der Waals surface area contributed by atoms with Gasteiger partial charge in [-0.3, -0.25) is 14.4 Å². The van der Waals surface area contributed by atoms with Crippen molar-refractivity contribution in [3.63, 3.8) is 0 Å². The van der Waals surface area contributed by atoms with E-state index in [0.29, 0.717) is 18.7 Å². The van der Waals surface area contributed by atoms with Gasteiger partial charge in [-0.1, -0.05) is 22.9 Å². The zero-order valence-electron chi connectivity index (χ0n) is 14.0. The Kier molecular flexibility index (Phi) is 9.01. The highest BCUT2D eigenvalue weighted by atomic mass is 79.9. The Morgan fingerprint density at radius 3 is 2.33 bits per heavy atom. The summed E-state index contributed by atoms with van der Waals surface area (Å²) in [5.41, 5.74) is 0.510. The molecule has 0 aromatic heterocycles. The van der Waals surface area contributed by atoms with Crippen LogP contribution < -0.4 is 0 Å². The fourth-order valence-electron chi connectivity index (χ4n) is 2.02. The number of esters is 1. The molecule has 24 heavy (non-hydrogen) atoms. The van der Waals surface area contributed by atoms with Gasteiger partial charge in [0, 0.05) is 29.2 Å². The van der Waals surface area contributed by atoms with Gasteiger partial charge in [-0.05, 0) is 43.7 Å². The largest absolute Gasteiger partial charge is 0.466 e. The van der Waals surface area contributed by atoms with Gasteiger partial charge in [0.15, 0.2) is 5.78 Å². The molecular formula is C18H22BrNO4. The van der Waals surface area contributed by atoms with E-state index in [1.165, 1.54) is 12.2 Å². The van der Waals surface area contributed by atoms with Gasteiger partial charge in [0.2, 0.25) is 5.91 Å². The smallest absolute Gasteiger partial charge is 0.307 e. The second kappa shape index (κ2) is 10.8. The molecule has 0 spiro atoms. The molecule has 0 aliphatic rings. The van der Waals surface area contributed by atoms with Crippen molar-refractivity contribution in [2.24, 2.45) is 0 Å². The van der Waals surface area contributed by atoms with E-state index in [4.69, 9.17) is 4.74 Å². The molecule has 0 bridgehead atoms. The molecule has 6 heteroatoms. The monoisotopic (exact) mass is 395 g/mol. The number of benzene rings is 1. The first-order valence-electron chi connectivity index (χ1n) is 7.90. The lowest BCUT2D eigenvalue weighted by atomic mass is 10.1. The predicted molar refractivity (Wildman–Crippen MR) is 95.7 cm³/mol. The average Bonchev–Trinajstić information content (AvgIpc) is 2.57. The van der Waals surface area contributed by atoms with E-state index in [1.807, 2.05) is 6.92 Å². The molecule has 0 radical (unpaired) electrons. The highest BCUT2D eigenvalue weighted by Gasteiger charge is 2.13. The van der Waals surface area contributed by atoms with E-state index in [-0.39, 0.29) is 30.6 Å². The summed E-state index contributed by atoms with van der Waals surface area (Å²) in [5, 5.41) is 0. The predicted octanol–water partition coefficient (Wildman–Crippen LogP) is 3.38. The van der Waals surface area contributed by atoms with Crippen LogP contribution in [0.5, 0.6) is 0 Å². The first-order chi connectivity index (χ1) is 11.5. The molecular weight excluding hydrogens is 374 g/mol. The number of ether oxygens (including phenoxy) is 1. The van der Waals surface area contributed by atoms with Crippen molar-refractivity contribution in [1.29, 1.82) is 0 Å². The Bertz CT molecular complexity index is 596. The van der Waals surface area contributed by atoms with Crippen molar-refractivity contribution >= 4 is 33.6 Å². The number of rotatable bonds is 9. The van der Waals surface area contributed by atoms with Gasteiger partial charge in [-0.25, -0.2) is 0 Å². The lowest BCUT2D eigenvalue weighted by Gasteiger charge is -2.19. The summed E-state index contributed by atoms with van der Waals surface area (Å²) < 4.78 is 5.74. The van der Waals surface area contributed by atoms with Gasteiger partial charge in [0.05, 0.1) is 13.0 Å².